The molecule has 0 atom stereocenters. The maximum Gasteiger partial charge on any atom is 0.343 e. The van der Waals surface area contributed by atoms with E-state index in [1.54, 1.807) is 24.4 Å². The van der Waals surface area contributed by atoms with Crippen molar-refractivity contribution in [1.29, 1.82) is 0 Å². The smallest absolute Gasteiger partial charge is 0.319 e. The molecule has 0 saturated heterocycles. The molecule has 0 amide bonds. The van der Waals surface area contributed by atoms with Crippen LogP contribution >= 0.6 is 11.8 Å². The first-order valence-electron chi connectivity index (χ1n) is 6.64. The first-order valence-corrected chi connectivity index (χ1v) is 7.46. The summed E-state index contributed by atoms with van der Waals surface area (Å²) < 4.78 is 0. The molecule has 114 valence electrons. The lowest BCUT2D eigenvalue weighted by atomic mass is 10.4. The van der Waals surface area contributed by atoms with Crippen LogP contribution in [0, 0.1) is 10.1 Å². The number of rotatable bonds is 5. The summed E-state index contributed by atoms with van der Waals surface area (Å²) in [7, 11) is 0. The Bertz CT molecular complexity index is 755. The molecule has 1 N–H and O–H groups in total. The minimum atomic E-state index is -0.490. The van der Waals surface area contributed by atoms with Crippen LogP contribution in [0.25, 0.3) is 0 Å². The van der Waals surface area contributed by atoms with Crippen LogP contribution < -0.4 is 5.32 Å². The second-order valence-electron chi connectivity index (χ2n) is 4.39. The van der Waals surface area contributed by atoms with Gasteiger partial charge in [0.1, 0.15) is 12.1 Å². The Morgan fingerprint density at radius 1 is 1.00 bits per heavy atom. The fourth-order valence-electron chi connectivity index (χ4n) is 1.85. The van der Waals surface area contributed by atoms with Gasteiger partial charge in [-0.15, -0.1) is 0 Å². The van der Waals surface area contributed by atoms with Crippen molar-refractivity contribution < 1.29 is 4.92 Å². The van der Waals surface area contributed by atoms with E-state index in [1.807, 2.05) is 30.3 Å². The van der Waals surface area contributed by atoms with E-state index in [4.69, 9.17) is 0 Å². The summed E-state index contributed by atoms with van der Waals surface area (Å²) in [4.78, 5) is 24.0. The minimum Gasteiger partial charge on any atom is -0.319 e. The molecule has 0 bridgehead atoms. The van der Waals surface area contributed by atoms with Gasteiger partial charge in [-0.1, -0.05) is 36.0 Å². The van der Waals surface area contributed by atoms with Gasteiger partial charge in [0.25, 0.3) is 0 Å². The van der Waals surface area contributed by atoms with Crippen LogP contribution in [0.4, 0.5) is 17.3 Å². The van der Waals surface area contributed by atoms with Crippen molar-refractivity contribution >= 4 is 29.1 Å². The molecule has 0 radical (unpaired) electrons. The monoisotopic (exact) mass is 325 g/mol. The Balaban J connectivity index is 1.97. The zero-order valence-corrected chi connectivity index (χ0v) is 12.6. The molecule has 0 unspecified atom stereocenters. The predicted molar refractivity (Wildman–Crippen MR) is 86.8 cm³/mol. The lowest BCUT2D eigenvalue weighted by Crippen LogP contribution is -2.03. The van der Waals surface area contributed by atoms with Crippen molar-refractivity contribution in [2.75, 3.05) is 5.32 Å². The number of benzene rings is 1. The van der Waals surface area contributed by atoms with Crippen LogP contribution in [0.1, 0.15) is 0 Å². The Kier molecular flexibility index (Phi) is 4.44. The highest BCUT2D eigenvalue weighted by atomic mass is 32.2. The SMILES string of the molecule is O=[N+]([O-])c1c(Nc2ccccn2)ncnc1Sc1ccccc1. The van der Waals surface area contributed by atoms with Crippen molar-refractivity contribution in [2.24, 2.45) is 0 Å². The molecule has 0 aliphatic carbocycles. The summed E-state index contributed by atoms with van der Waals surface area (Å²) in [5.74, 6) is 0.590. The molecule has 2 heterocycles. The average molecular weight is 325 g/mol. The first kappa shape index (κ1) is 14.9. The normalized spacial score (nSPS) is 10.3. The van der Waals surface area contributed by atoms with E-state index in [-0.39, 0.29) is 16.5 Å². The van der Waals surface area contributed by atoms with Gasteiger partial charge in [0.15, 0.2) is 5.03 Å². The maximum atomic E-state index is 11.5. The van der Waals surface area contributed by atoms with Crippen molar-refractivity contribution in [3.63, 3.8) is 0 Å². The van der Waals surface area contributed by atoms with E-state index >= 15 is 0 Å². The van der Waals surface area contributed by atoms with Gasteiger partial charge in [0, 0.05) is 11.1 Å². The van der Waals surface area contributed by atoms with Gasteiger partial charge in [-0.25, -0.2) is 15.0 Å². The van der Waals surface area contributed by atoms with E-state index in [2.05, 4.69) is 20.3 Å². The molecule has 2 aromatic heterocycles. The third kappa shape index (κ3) is 3.61. The van der Waals surface area contributed by atoms with Gasteiger partial charge >= 0.3 is 5.69 Å². The van der Waals surface area contributed by atoms with E-state index in [1.165, 1.54) is 18.1 Å². The van der Waals surface area contributed by atoms with Gasteiger partial charge in [0.05, 0.1) is 4.92 Å². The number of hydrogen-bond donors (Lipinski definition) is 1. The van der Waals surface area contributed by atoms with Crippen LogP contribution in [0.3, 0.4) is 0 Å². The molecule has 0 aliphatic rings. The maximum absolute atomic E-state index is 11.5. The van der Waals surface area contributed by atoms with E-state index < -0.39 is 4.92 Å². The van der Waals surface area contributed by atoms with Gasteiger partial charge in [-0.3, -0.25) is 10.1 Å². The van der Waals surface area contributed by atoms with Crippen LogP contribution in [-0.4, -0.2) is 19.9 Å². The van der Waals surface area contributed by atoms with Gasteiger partial charge in [-0.2, -0.15) is 0 Å². The quantitative estimate of drug-likeness (QED) is 0.434. The van der Waals surface area contributed by atoms with Gasteiger partial charge < -0.3 is 5.32 Å². The largest absolute Gasteiger partial charge is 0.343 e. The summed E-state index contributed by atoms with van der Waals surface area (Å²) in [5, 5.41) is 14.6. The summed E-state index contributed by atoms with van der Waals surface area (Å²) in [5.41, 5.74) is -0.174. The molecule has 0 aliphatic heterocycles. The number of nitro groups is 1. The van der Waals surface area contributed by atoms with Crippen LogP contribution in [-0.2, 0) is 0 Å². The molecule has 8 heteroatoms. The van der Waals surface area contributed by atoms with E-state index in [0.29, 0.717) is 5.82 Å². The van der Waals surface area contributed by atoms with Crippen LogP contribution in [0.5, 0.6) is 0 Å². The fourth-order valence-corrected chi connectivity index (χ4v) is 2.74. The Morgan fingerprint density at radius 2 is 1.78 bits per heavy atom. The average Bonchev–Trinajstić information content (AvgIpc) is 2.56. The second-order valence-corrected chi connectivity index (χ2v) is 5.45. The Labute approximate surface area is 136 Å². The molecule has 1 aromatic carbocycles. The zero-order chi connectivity index (χ0) is 16.1. The lowest BCUT2D eigenvalue weighted by Gasteiger charge is -2.07. The van der Waals surface area contributed by atoms with Crippen molar-refractivity contribution in [1.82, 2.24) is 15.0 Å². The van der Waals surface area contributed by atoms with Gasteiger partial charge in [0.2, 0.25) is 5.82 Å². The number of nitrogens with zero attached hydrogens (tertiary/aromatic N) is 4. The predicted octanol–water partition coefficient (Wildman–Crippen LogP) is 3.67. The number of aromatic nitrogens is 3. The topological polar surface area (TPSA) is 93.8 Å². The van der Waals surface area contributed by atoms with E-state index in [9.17, 15) is 10.1 Å². The molecular weight excluding hydrogens is 314 g/mol. The van der Waals surface area contributed by atoms with Crippen molar-refractivity contribution in [3.8, 4) is 0 Å². The Hall–Kier alpha value is -3.00. The van der Waals surface area contributed by atoms with Crippen molar-refractivity contribution in [3.05, 3.63) is 71.2 Å². The van der Waals surface area contributed by atoms with Gasteiger partial charge in [-0.05, 0) is 24.3 Å². The molecule has 23 heavy (non-hydrogen) atoms. The summed E-state index contributed by atoms with van der Waals surface area (Å²) in [6.45, 7) is 0. The molecular formula is C15H11N5O2S. The molecule has 3 rings (SSSR count). The number of anilines is 2. The number of hydrogen-bond acceptors (Lipinski definition) is 7. The molecule has 0 fully saturated rings. The standard InChI is InChI=1S/C15H11N5O2S/c21-20(22)13-14(19-12-8-4-5-9-16-12)17-10-18-15(13)23-11-6-2-1-3-7-11/h1-10H,(H,16,17,18,19). The first-order chi connectivity index (χ1) is 11.2. The second kappa shape index (κ2) is 6.84. The Morgan fingerprint density at radius 3 is 2.48 bits per heavy atom. The summed E-state index contributed by atoms with van der Waals surface area (Å²) in [6.07, 6.45) is 2.89. The third-order valence-corrected chi connectivity index (χ3v) is 3.84. The molecule has 3 aromatic rings. The van der Waals surface area contributed by atoms with E-state index in [0.717, 1.165) is 4.90 Å². The van der Waals surface area contributed by atoms with Crippen molar-refractivity contribution in [2.45, 2.75) is 9.92 Å². The molecule has 7 nitrogen and oxygen atoms in total. The lowest BCUT2D eigenvalue weighted by molar-refractivity contribution is -0.387. The minimum absolute atomic E-state index is 0.113. The summed E-state index contributed by atoms with van der Waals surface area (Å²) >= 11 is 1.21. The molecule has 0 saturated carbocycles. The molecule has 0 spiro atoms. The highest BCUT2D eigenvalue weighted by molar-refractivity contribution is 7.99. The van der Waals surface area contributed by atoms with Crippen LogP contribution in [0.2, 0.25) is 0 Å². The number of pyridine rings is 1. The van der Waals surface area contributed by atoms with Crippen LogP contribution in [0.15, 0.2) is 71.0 Å². The highest BCUT2D eigenvalue weighted by Gasteiger charge is 2.24. The zero-order valence-electron chi connectivity index (χ0n) is 11.8. The highest BCUT2D eigenvalue weighted by Crippen LogP contribution is 2.37. The fraction of sp³-hybridized carbons (Fsp3) is 0. The summed E-state index contributed by atoms with van der Waals surface area (Å²) in [6, 6.07) is 14.6. The number of nitrogens with one attached hydrogen (secondary N) is 1. The third-order valence-electron chi connectivity index (χ3n) is 2.84.